The van der Waals surface area contributed by atoms with Gasteiger partial charge in [0, 0.05) is 0 Å². The minimum absolute atomic E-state index is 0. The number of hydrogen-bond acceptors (Lipinski definition) is 0. The standard InChI is InChI=1S/C4H9Te/c1-3-4(2)5/h4-5H,1,3H2,2H3/p+1. The van der Waals surface area contributed by atoms with Crippen molar-refractivity contribution in [1.29, 1.82) is 0 Å². The molecule has 5 heavy (non-hydrogen) atoms. The molecule has 31 valence electrons. The van der Waals surface area contributed by atoms with Crippen molar-refractivity contribution in [2.24, 2.45) is 0 Å². The van der Waals surface area contributed by atoms with Gasteiger partial charge in [-0.1, -0.05) is 0 Å². The van der Waals surface area contributed by atoms with Gasteiger partial charge in [-0.2, -0.15) is 0 Å². The molecule has 0 aliphatic heterocycles. The van der Waals surface area contributed by atoms with Crippen LogP contribution in [0.15, 0.2) is 0 Å². The molecule has 0 N–H and O–H groups in total. The largest absolute Gasteiger partial charge is 1.00 e. The third-order valence-electron chi connectivity index (χ3n) is 0.418. The van der Waals surface area contributed by atoms with Crippen LogP contribution in [-0.4, -0.2) is 22.3 Å². The van der Waals surface area contributed by atoms with Crippen molar-refractivity contribution < 1.29 is 1.43 Å². The SMILES string of the molecule is [CH2]CC(C)[TeH].[H+]. The van der Waals surface area contributed by atoms with E-state index in [-0.39, 0.29) is 1.43 Å². The second-order valence-electron chi connectivity index (χ2n) is 1.14. The summed E-state index contributed by atoms with van der Waals surface area (Å²) in [6.07, 6.45) is 1.08. The molecule has 1 unspecified atom stereocenters. The van der Waals surface area contributed by atoms with E-state index in [0.717, 1.165) is 10.4 Å². The molecule has 0 aromatic rings. The maximum absolute atomic E-state index is 3.70. The van der Waals surface area contributed by atoms with Gasteiger partial charge in [-0.15, -0.1) is 0 Å². The topological polar surface area (TPSA) is 0 Å². The van der Waals surface area contributed by atoms with Crippen molar-refractivity contribution in [1.82, 2.24) is 0 Å². The van der Waals surface area contributed by atoms with Crippen molar-refractivity contribution in [3.8, 4) is 0 Å². The summed E-state index contributed by atoms with van der Waals surface area (Å²) < 4.78 is 0.823. The first-order valence-electron chi connectivity index (χ1n) is 1.74. The maximum atomic E-state index is 3.70. The summed E-state index contributed by atoms with van der Waals surface area (Å²) in [5, 5.41) is 0. The molecule has 0 spiro atoms. The molecule has 0 aromatic carbocycles. The minimum atomic E-state index is 0. The predicted octanol–water partition coefficient (Wildman–Crippen LogP) is 1.03. The first-order valence-corrected chi connectivity index (χ1v) is 3.22. The van der Waals surface area contributed by atoms with Gasteiger partial charge in [-0.25, -0.2) is 0 Å². The minimum Gasteiger partial charge on any atom is 1.00 e. The zero-order valence-corrected chi connectivity index (χ0v) is 5.99. The summed E-state index contributed by atoms with van der Waals surface area (Å²) in [6.45, 7) is 5.88. The van der Waals surface area contributed by atoms with E-state index in [1.165, 1.54) is 0 Å². The van der Waals surface area contributed by atoms with Crippen LogP contribution in [0, 0.1) is 6.92 Å². The van der Waals surface area contributed by atoms with E-state index < -0.39 is 0 Å². The fourth-order valence-corrected chi connectivity index (χ4v) is 0. The third-order valence-corrected chi connectivity index (χ3v) is 1.15. The van der Waals surface area contributed by atoms with Crippen LogP contribution in [-0.2, 0) is 0 Å². The Morgan fingerprint density at radius 3 is 2.40 bits per heavy atom. The Labute approximate surface area is 48.3 Å². The predicted molar refractivity (Wildman–Crippen MR) is 27.7 cm³/mol. The summed E-state index contributed by atoms with van der Waals surface area (Å²) in [5.41, 5.74) is 0. The molecule has 0 aliphatic carbocycles. The zero-order valence-electron chi connectivity index (χ0n) is 4.44. The average Bonchev–Trinajstić information content (AvgIpc) is 1.38. The fraction of sp³-hybridized carbons (Fsp3) is 0.750. The van der Waals surface area contributed by atoms with Gasteiger partial charge in [-0.05, 0) is 0 Å². The van der Waals surface area contributed by atoms with Gasteiger partial charge in [0.15, 0.2) is 0 Å². The van der Waals surface area contributed by atoms with Crippen LogP contribution in [0.3, 0.4) is 0 Å². The Morgan fingerprint density at radius 1 is 2.20 bits per heavy atom. The van der Waals surface area contributed by atoms with Crippen LogP contribution in [0.2, 0.25) is 3.97 Å². The molecule has 0 amide bonds. The van der Waals surface area contributed by atoms with Crippen LogP contribution >= 0.6 is 0 Å². The van der Waals surface area contributed by atoms with E-state index in [1.807, 2.05) is 22.3 Å². The van der Waals surface area contributed by atoms with Gasteiger partial charge in [0.25, 0.3) is 0 Å². The molecule has 0 aromatic heterocycles. The van der Waals surface area contributed by atoms with Gasteiger partial charge in [-0.3, -0.25) is 0 Å². The van der Waals surface area contributed by atoms with Gasteiger partial charge in [0.1, 0.15) is 0 Å². The first-order chi connectivity index (χ1) is 2.27. The number of hydrogen-bond donors (Lipinski definition) is 0. The van der Waals surface area contributed by atoms with Crippen LogP contribution in [0.5, 0.6) is 0 Å². The van der Waals surface area contributed by atoms with E-state index >= 15 is 0 Å². The summed E-state index contributed by atoms with van der Waals surface area (Å²) in [5.74, 6) is 0. The molecular formula is C4H10Te+. The van der Waals surface area contributed by atoms with Gasteiger partial charge < -0.3 is 0 Å². The van der Waals surface area contributed by atoms with Crippen molar-refractivity contribution in [2.45, 2.75) is 17.3 Å². The quantitative estimate of drug-likeness (QED) is 0.536. The van der Waals surface area contributed by atoms with Crippen LogP contribution < -0.4 is 0 Å². The molecule has 1 radical (unpaired) electrons. The molecule has 0 nitrogen and oxygen atoms in total. The van der Waals surface area contributed by atoms with Crippen LogP contribution in [0.4, 0.5) is 0 Å². The Hall–Kier alpha value is 0.790. The Kier molecular flexibility index (Phi) is 3.47. The van der Waals surface area contributed by atoms with Gasteiger partial charge >= 0.3 is 48.0 Å². The molecule has 0 bridgehead atoms. The van der Waals surface area contributed by atoms with E-state index in [2.05, 4.69) is 13.8 Å². The Bertz CT molecular complexity index is 21.5. The van der Waals surface area contributed by atoms with E-state index in [9.17, 15) is 0 Å². The molecule has 0 aliphatic rings. The molecule has 0 rings (SSSR count). The monoisotopic (exact) mass is 188 g/mol. The smallest absolute Gasteiger partial charge is 1.00 e. The normalized spacial score (nSPS) is 15.0. The molecule has 0 saturated heterocycles. The summed E-state index contributed by atoms with van der Waals surface area (Å²) in [6, 6.07) is 0. The molecular weight excluding hydrogens is 176 g/mol. The maximum Gasteiger partial charge on any atom is 1.00 e. The van der Waals surface area contributed by atoms with Crippen molar-refractivity contribution in [3.63, 3.8) is 0 Å². The van der Waals surface area contributed by atoms with Gasteiger partial charge in [0.2, 0.25) is 0 Å². The van der Waals surface area contributed by atoms with Crippen molar-refractivity contribution in [2.75, 3.05) is 0 Å². The first kappa shape index (κ1) is 5.79. The Morgan fingerprint density at radius 2 is 2.40 bits per heavy atom. The number of rotatable bonds is 1. The molecule has 1 heteroatoms. The van der Waals surface area contributed by atoms with Crippen LogP contribution in [0.25, 0.3) is 0 Å². The average molecular weight is 186 g/mol. The van der Waals surface area contributed by atoms with Crippen molar-refractivity contribution in [3.05, 3.63) is 6.92 Å². The van der Waals surface area contributed by atoms with Crippen LogP contribution in [0.1, 0.15) is 14.8 Å². The fourth-order valence-electron chi connectivity index (χ4n) is 0. The van der Waals surface area contributed by atoms with E-state index in [4.69, 9.17) is 0 Å². The van der Waals surface area contributed by atoms with E-state index in [1.54, 1.807) is 0 Å². The van der Waals surface area contributed by atoms with Crippen molar-refractivity contribution >= 4 is 22.3 Å². The van der Waals surface area contributed by atoms with Gasteiger partial charge in [0.05, 0.1) is 0 Å². The second-order valence-corrected chi connectivity index (χ2v) is 3.65. The summed E-state index contributed by atoms with van der Waals surface area (Å²) in [4.78, 5) is 0. The molecule has 0 heterocycles. The van der Waals surface area contributed by atoms with E-state index in [0.29, 0.717) is 0 Å². The summed E-state index contributed by atoms with van der Waals surface area (Å²) in [7, 11) is 0. The molecule has 0 saturated carbocycles. The second kappa shape index (κ2) is 3.00. The molecule has 0 fully saturated rings. The third kappa shape index (κ3) is 4.79. The zero-order chi connectivity index (χ0) is 4.28. The summed E-state index contributed by atoms with van der Waals surface area (Å²) >= 11 is 1.85. The Balaban J connectivity index is 0. The molecule has 1 atom stereocenters.